The summed E-state index contributed by atoms with van der Waals surface area (Å²) in [5.74, 6) is -2.00. The summed E-state index contributed by atoms with van der Waals surface area (Å²) in [6.45, 7) is 7.98. The number of rotatable bonds is 8. The Bertz CT molecular complexity index is 243. The highest BCUT2D eigenvalue weighted by Crippen LogP contribution is 2.15. The molecular formula is C10H20O5Si. The molecule has 1 unspecified atom stereocenters. The minimum absolute atomic E-state index is 0.00866. The van der Waals surface area contributed by atoms with Gasteiger partial charge < -0.3 is 18.6 Å². The van der Waals surface area contributed by atoms with Crippen molar-refractivity contribution in [2.75, 3.05) is 26.9 Å². The molecule has 0 aromatic heterocycles. The van der Waals surface area contributed by atoms with E-state index in [1.807, 2.05) is 6.92 Å². The molecule has 0 heterocycles. The van der Waals surface area contributed by atoms with Crippen molar-refractivity contribution < 1.29 is 23.4 Å². The molecule has 0 aliphatic rings. The summed E-state index contributed by atoms with van der Waals surface area (Å²) >= 11 is 0. The molecule has 0 bridgehead atoms. The van der Waals surface area contributed by atoms with Crippen LogP contribution in [0.1, 0.15) is 13.8 Å². The van der Waals surface area contributed by atoms with Gasteiger partial charge in [0.1, 0.15) is 6.61 Å². The average molecular weight is 248 g/mol. The van der Waals surface area contributed by atoms with E-state index >= 15 is 0 Å². The lowest BCUT2D eigenvalue weighted by Crippen LogP contribution is -2.49. The lowest BCUT2D eigenvalue weighted by atomic mass is 10.3. The van der Waals surface area contributed by atoms with Crippen LogP contribution in [0.4, 0.5) is 0 Å². The lowest BCUT2D eigenvalue weighted by Gasteiger charge is -2.28. The summed E-state index contributed by atoms with van der Waals surface area (Å²) in [6, 6.07) is 0. The Balaban J connectivity index is 4.50. The van der Waals surface area contributed by atoms with Crippen molar-refractivity contribution in [3.8, 4) is 0 Å². The van der Waals surface area contributed by atoms with E-state index in [-0.39, 0.29) is 17.1 Å². The highest BCUT2D eigenvalue weighted by atomic mass is 28.2. The van der Waals surface area contributed by atoms with Crippen LogP contribution in [0.5, 0.6) is 0 Å². The van der Waals surface area contributed by atoms with Crippen LogP contribution in [0.2, 0.25) is 0 Å². The molecule has 1 atom stereocenters. The molecule has 6 heteroatoms. The van der Waals surface area contributed by atoms with Crippen molar-refractivity contribution in [2.45, 2.75) is 19.6 Å². The molecule has 0 saturated heterocycles. The fraction of sp³-hybridized carbons (Fsp3) is 0.700. The minimum atomic E-state index is -1.45. The van der Waals surface area contributed by atoms with Gasteiger partial charge in [0.2, 0.25) is 10.5 Å². The standard InChI is InChI=1S/C10H20O5Si/c1-5-14-10(12-4,9(11)15-16)7-13-6-8(2)3/h2,5-7H2,1,3-4,16H3. The summed E-state index contributed by atoms with van der Waals surface area (Å²) in [6.07, 6.45) is 0. The van der Waals surface area contributed by atoms with Crippen LogP contribution in [-0.4, -0.2) is 49.2 Å². The van der Waals surface area contributed by atoms with Crippen molar-refractivity contribution in [2.24, 2.45) is 0 Å². The molecule has 0 aromatic rings. The van der Waals surface area contributed by atoms with Gasteiger partial charge in [0.05, 0.1) is 6.61 Å². The maximum absolute atomic E-state index is 11.6. The Kier molecular flexibility index (Phi) is 7.23. The Hall–Kier alpha value is -0.693. The number of hydrogen-bond donors (Lipinski definition) is 0. The fourth-order valence-corrected chi connectivity index (χ4v) is 1.42. The minimum Gasteiger partial charge on any atom is -0.525 e. The first-order valence-electron chi connectivity index (χ1n) is 5.02. The van der Waals surface area contributed by atoms with Crippen molar-refractivity contribution in [3.05, 3.63) is 12.2 Å². The summed E-state index contributed by atoms with van der Waals surface area (Å²) in [5, 5.41) is 0. The second-order valence-corrected chi connectivity index (χ2v) is 3.74. The molecule has 0 aliphatic heterocycles. The van der Waals surface area contributed by atoms with Crippen LogP contribution in [0, 0.1) is 0 Å². The van der Waals surface area contributed by atoms with Crippen molar-refractivity contribution in [1.82, 2.24) is 0 Å². The third-order valence-electron chi connectivity index (χ3n) is 1.84. The van der Waals surface area contributed by atoms with Gasteiger partial charge in [0, 0.05) is 13.7 Å². The van der Waals surface area contributed by atoms with E-state index in [4.69, 9.17) is 18.6 Å². The van der Waals surface area contributed by atoms with Gasteiger partial charge in [0.25, 0.3) is 5.79 Å². The Labute approximate surface area is 99.2 Å². The zero-order chi connectivity index (χ0) is 12.6. The van der Waals surface area contributed by atoms with E-state index in [1.165, 1.54) is 7.11 Å². The molecule has 0 spiro atoms. The topological polar surface area (TPSA) is 54.0 Å². The van der Waals surface area contributed by atoms with Crippen molar-refractivity contribution in [3.63, 3.8) is 0 Å². The van der Waals surface area contributed by atoms with Crippen molar-refractivity contribution >= 4 is 16.5 Å². The van der Waals surface area contributed by atoms with Gasteiger partial charge in [0.15, 0.2) is 0 Å². The van der Waals surface area contributed by atoms with Crippen LogP contribution in [0.25, 0.3) is 0 Å². The van der Waals surface area contributed by atoms with E-state index in [1.54, 1.807) is 6.92 Å². The van der Waals surface area contributed by atoms with E-state index in [2.05, 4.69) is 6.58 Å². The van der Waals surface area contributed by atoms with Crippen LogP contribution in [0.3, 0.4) is 0 Å². The molecule has 0 radical (unpaired) electrons. The average Bonchev–Trinajstić information content (AvgIpc) is 2.26. The van der Waals surface area contributed by atoms with Crippen LogP contribution in [0.15, 0.2) is 12.2 Å². The zero-order valence-corrected chi connectivity index (χ0v) is 12.4. The molecule has 16 heavy (non-hydrogen) atoms. The predicted molar refractivity (Wildman–Crippen MR) is 63.0 cm³/mol. The summed E-state index contributed by atoms with van der Waals surface area (Å²) in [5.41, 5.74) is 0.862. The summed E-state index contributed by atoms with van der Waals surface area (Å²) in [7, 11) is 1.68. The maximum atomic E-state index is 11.6. The van der Waals surface area contributed by atoms with Crippen LogP contribution >= 0.6 is 0 Å². The number of methoxy groups -OCH3 is 1. The molecule has 0 N–H and O–H groups in total. The second kappa shape index (κ2) is 7.56. The quantitative estimate of drug-likeness (QED) is 0.338. The smallest absolute Gasteiger partial charge is 0.355 e. The van der Waals surface area contributed by atoms with Gasteiger partial charge in [-0.05, 0) is 13.8 Å². The fourth-order valence-electron chi connectivity index (χ4n) is 1.11. The summed E-state index contributed by atoms with van der Waals surface area (Å²) < 4.78 is 20.4. The first-order chi connectivity index (χ1) is 7.52. The van der Waals surface area contributed by atoms with Gasteiger partial charge in [-0.3, -0.25) is 0 Å². The van der Waals surface area contributed by atoms with Gasteiger partial charge >= 0.3 is 5.97 Å². The van der Waals surface area contributed by atoms with E-state index in [0.29, 0.717) is 13.2 Å². The molecule has 94 valence electrons. The number of hydrogen-bond acceptors (Lipinski definition) is 5. The molecule has 0 rings (SSSR count). The highest BCUT2D eigenvalue weighted by molar-refractivity contribution is 6.06. The van der Waals surface area contributed by atoms with Gasteiger partial charge in [-0.2, -0.15) is 0 Å². The molecule has 0 aliphatic carbocycles. The molecule has 0 aromatic carbocycles. The molecule has 5 nitrogen and oxygen atoms in total. The normalized spacial score (nSPS) is 14.4. The zero-order valence-electron chi connectivity index (χ0n) is 10.4. The van der Waals surface area contributed by atoms with E-state index in [0.717, 1.165) is 5.57 Å². The third kappa shape index (κ3) is 4.44. The van der Waals surface area contributed by atoms with E-state index < -0.39 is 11.8 Å². The van der Waals surface area contributed by atoms with Crippen molar-refractivity contribution in [1.29, 1.82) is 0 Å². The maximum Gasteiger partial charge on any atom is 0.355 e. The number of ether oxygens (including phenoxy) is 3. The molecular weight excluding hydrogens is 228 g/mol. The monoisotopic (exact) mass is 248 g/mol. The Morgan fingerprint density at radius 1 is 1.50 bits per heavy atom. The number of carbonyl (C=O) groups is 1. The first-order valence-corrected chi connectivity index (χ1v) is 5.83. The van der Waals surface area contributed by atoms with Crippen LogP contribution in [-0.2, 0) is 23.4 Å². The van der Waals surface area contributed by atoms with Crippen LogP contribution < -0.4 is 0 Å². The number of carbonyl (C=O) groups excluding carboxylic acids is 1. The Morgan fingerprint density at radius 3 is 2.50 bits per heavy atom. The highest BCUT2D eigenvalue weighted by Gasteiger charge is 2.41. The Morgan fingerprint density at radius 2 is 2.12 bits per heavy atom. The molecule has 0 fully saturated rings. The SMILES string of the molecule is C=C(C)COCC(OC)(OCC)C(=O)O[SiH3]. The molecule has 0 amide bonds. The summed E-state index contributed by atoms with van der Waals surface area (Å²) in [4.78, 5) is 11.6. The van der Waals surface area contributed by atoms with Gasteiger partial charge in [-0.15, -0.1) is 0 Å². The van der Waals surface area contributed by atoms with E-state index in [9.17, 15) is 4.79 Å². The second-order valence-electron chi connectivity index (χ2n) is 3.33. The van der Waals surface area contributed by atoms with Gasteiger partial charge in [-0.25, -0.2) is 4.79 Å². The third-order valence-corrected chi connectivity index (χ3v) is 2.21. The molecule has 0 saturated carbocycles. The largest absolute Gasteiger partial charge is 0.525 e. The first kappa shape index (κ1) is 15.3. The predicted octanol–water partition coefficient (Wildman–Crippen LogP) is -0.218. The lowest BCUT2D eigenvalue weighted by molar-refractivity contribution is -0.247. The van der Waals surface area contributed by atoms with Gasteiger partial charge in [-0.1, -0.05) is 12.2 Å².